The summed E-state index contributed by atoms with van der Waals surface area (Å²) in [5, 5.41) is 21.3. The molecule has 0 aliphatic carbocycles. The van der Waals surface area contributed by atoms with Crippen molar-refractivity contribution in [2.24, 2.45) is 0 Å². The van der Waals surface area contributed by atoms with Crippen molar-refractivity contribution >= 4 is 11.5 Å². The van der Waals surface area contributed by atoms with Gasteiger partial charge in [0.2, 0.25) is 0 Å². The van der Waals surface area contributed by atoms with Crippen LogP contribution in [0.3, 0.4) is 0 Å². The Balaban J connectivity index is 2.39. The van der Waals surface area contributed by atoms with E-state index in [4.69, 9.17) is 4.74 Å². The van der Waals surface area contributed by atoms with Crippen molar-refractivity contribution in [1.29, 1.82) is 0 Å². The minimum atomic E-state index is -0.815. The molecule has 8 nitrogen and oxygen atoms in total. The fourth-order valence-corrected chi connectivity index (χ4v) is 1.34. The smallest absolute Gasteiger partial charge is 0.374 e. The molecule has 0 N–H and O–H groups in total. The molecular formula is C11H7N3O5. The number of rotatable bonds is 4. The Labute approximate surface area is 106 Å². The van der Waals surface area contributed by atoms with Crippen LogP contribution in [0.25, 0.3) is 0 Å². The summed E-state index contributed by atoms with van der Waals surface area (Å²) in [6.45, 7) is 0. The molecule has 0 fully saturated rings. The van der Waals surface area contributed by atoms with E-state index in [2.05, 4.69) is 4.98 Å². The predicted molar refractivity (Wildman–Crippen MR) is 64.1 cm³/mol. The van der Waals surface area contributed by atoms with Gasteiger partial charge in [0.05, 0.1) is 4.92 Å². The molecule has 0 amide bonds. The number of aromatic nitrogens is 1. The van der Waals surface area contributed by atoms with E-state index in [1.807, 2.05) is 0 Å². The third-order valence-electron chi connectivity index (χ3n) is 2.14. The van der Waals surface area contributed by atoms with Crippen molar-refractivity contribution in [1.82, 2.24) is 4.98 Å². The van der Waals surface area contributed by atoms with Gasteiger partial charge in [-0.15, -0.1) is 0 Å². The fourth-order valence-electron chi connectivity index (χ4n) is 1.34. The van der Waals surface area contributed by atoms with E-state index < -0.39 is 21.4 Å². The Bertz CT molecular complexity index is 597. The molecule has 2 rings (SSSR count). The van der Waals surface area contributed by atoms with Crippen LogP contribution in [0.15, 0.2) is 42.5 Å². The van der Waals surface area contributed by atoms with E-state index in [9.17, 15) is 20.2 Å². The molecule has 2 aromatic rings. The topological polar surface area (TPSA) is 108 Å². The lowest BCUT2D eigenvalue weighted by Crippen LogP contribution is -1.98. The summed E-state index contributed by atoms with van der Waals surface area (Å²) < 4.78 is 5.24. The molecule has 0 aliphatic rings. The minimum absolute atomic E-state index is 0.202. The molecule has 0 aliphatic heterocycles. The molecule has 1 heterocycles. The normalized spacial score (nSPS) is 9.89. The maximum atomic E-state index is 10.7. The molecular weight excluding hydrogens is 254 g/mol. The second-order valence-corrected chi connectivity index (χ2v) is 3.45. The average Bonchev–Trinajstić information content (AvgIpc) is 2.39. The molecule has 19 heavy (non-hydrogen) atoms. The highest BCUT2D eigenvalue weighted by atomic mass is 16.6. The molecule has 8 heteroatoms. The summed E-state index contributed by atoms with van der Waals surface area (Å²) in [5.74, 6) is -0.461. The average molecular weight is 261 g/mol. The van der Waals surface area contributed by atoms with Crippen LogP contribution in [0.5, 0.6) is 11.6 Å². The molecule has 1 aromatic heterocycles. The van der Waals surface area contributed by atoms with Gasteiger partial charge >= 0.3 is 11.7 Å². The van der Waals surface area contributed by atoms with E-state index >= 15 is 0 Å². The fraction of sp³-hybridized carbons (Fsp3) is 0. The predicted octanol–water partition coefficient (Wildman–Crippen LogP) is 2.69. The standard InChI is InChI=1S/C11H7N3O5/c15-13(16)8-6-10(14(17)18)12-11(7-8)19-9-4-2-1-3-5-9/h1-7H. The summed E-state index contributed by atoms with van der Waals surface area (Å²) in [6, 6.07) is 10.2. The maximum Gasteiger partial charge on any atom is 0.374 e. The summed E-state index contributed by atoms with van der Waals surface area (Å²) in [5.41, 5.74) is -0.451. The van der Waals surface area contributed by atoms with Crippen molar-refractivity contribution in [3.05, 3.63) is 62.7 Å². The lowest BCUT2D eigenvalue weighted by Gasteiger charge is -2.01. The van der Waals surface area contributed by atoms with Crippen LogP contribution in [0.1, 0.15) is 0 Å². The van der Waals surface area contributed by atoms with Crippen LogP contribution >= 0.6 is 0 Å². The van der Waals surface area contributed by atoms with Crippen LogP contribution in [0.2, 0.25) is 0 Å². The Kier molecular flexibility index (Phi) is 3.33. The van der Waals surface area contributed by atoms with Crippen molar-refractivity contribution in [2.75, 3.05) is 0 Å². The van der Waals surface area contributed by atoms with Crippen LogP contribution in [-0.4, -0.2) is 14.8 Å². The first-order valence-corrected chi connectivity index (χ1v) is 5.10. The number of nitrogens with zero attached hydrogens (tertiary/aromatic N) is 3. The highest BCUT2D eigenvalue weighted by Gasteiger charge is 2.21. The molecule has 0 spiro atoms. The molecule has 0 unspecified atom stereocenters. The second-order valence-electron chi connectivity index (χ2n) is 3.45. The number of pyridine rings is 1. The Morgan fingerprint density at radius 2 is 1.68 bits per heavy atom. The Morgan fingerprint density at radius 3 is 2.26 bits per heavy atom. The van der Waals surface area contributed by atoms with Crippen LogP contribution in [0, 0.1) is 20.2 Å². The van der Waals surface area contributed by atoms with E-state index in [-0.39, 0.29) is 5.88 Å². The highest BCUT2D eigenvalue weighted by molar-refractivity contribution is 5.43. The van der Waals surface area contributed by atoms with Gasteiger partial charge in [0.25, 0.3) is 5.69 Å². The van der Waals surface area contributed by atoms with Gasteiger partial charge in [0.1, 0.15) is 17.9 Å². The Hall–Kier alpha value is -3.03. The van der Waals surface area contributed by atoms with Gasteiger partial charge < -0.3 is 14.9 Å². The number of hydrogen-bond donors (Lipinski definition) is 0. The third kappa shape index (κ3) is 3.00. The molecule has 96 valence electrons. The Morgan fingerprint density at radius 1 is 1.00 bits per heavy atom. The SMILES string of the molecule is O=[N+]([O-])c1cc(Oc2ccccc2)nc([N+](=O)[O-])c1. The minimum Gasteiger partial charge on any atom is -0.420 e. The van der Waals surface area contributed by atoms with Crippen LogP contribution < -0.4 is 4.74 Å². The van der Waals surface area contributed by atoms with Gasteiger partial charge in [-0.2, -0.15) is 0 Å². The first-order valence-electron chi connectivity index (χ1n) is 5.10. The van der Waals surface area contributed by atoms with E-state index in [1.165, 1.54) is 0 Å². The molecule has 0 bridgehead atoms. The number of para-hydroxylation sites is 1. The lowest BCUT2D eigenvalue weighted by molar-refractivity contribution is -0.397. The maximum absolute atomic E-state index is 10.7. The molecule has 1 aromatic carbocycles. The summed E-state index contributed by atoms with van der Waals surface area (Å²) in [7, 11) is 0. The van der Waals surface area contributed by atoms with E-state index in [0.29, 0.717) is 5.75 Å². The molecule has 0 atom stereocenters. The first-order chi connectivity index (χ1) is 9.06. The number of benzene rings is 1. The van der Waals surface area contributed by atoms with Gasteiger partial charge in [0, 0.05) is 4.98 Å². The number of nitro groups is 2. The van der Waals surface area contributed by atoms with Crippen molar-refractivity contribution in [3.63, 3.8) is 0 Å². The van der Waals surface area contributed by atoms with Crippen LogP contribution in [-0.2, 0) is 0 Å². The van der Waals surface area contributed by atoms with Gasteiger partial charge in [-0.05, 0) is 17.1 Å². The second kappa shape index (κ2) is 5.08. The van der Waals surface area contributed by atoms with Crippen LogP contribution in [0.4, 0.5) is 11.5 Å². The summed E-state index contributed by atoms with van der Waals surface area (Å²) in [6.07, 6.45) is 0. The zero-order valence-electron chi connectivity index (χ0n) is 9.42. The quantitative estimate of drug-likeness (QED) is 0.618. The van der Waals surface area contributed by atoms with Gasteiger partial charge in [-0.3, -0.25) is 10.1 Å². The zero-order valence-corrected chi connectivity index (χ0v) is 9.42. The first kappa shape index (κ1) is 12.4. The largest absolute Gasteiger partial charge is 0.420 e. The van der Waals surface area contributed by atoms with Crippen molar-refractivity contribution in [2.45, 2.75) is 0 Å². The van der Waals surface area contributed by atoms with E-state index in [0.717, 1.165) is 12.1 Å². The monoisotopic (exact) mass is 261 g/mol. The number of hydrogen-bond acceptors (Lipinski definition) is 6. The van der Waals surface area contributed by atoms with Gasteiger partial charge in [-0.25, -0.2) is 0 Å². The summed E-state index contributed by atoms with van der Waals surface area (Å²) in [4.78, 5) is 23.4. The van der Waals surface area contributed by atoms with Crippen molar-refractivity contribution < 1.29 is 14.6 Å². The summed E-state index contributed by atoms with van der Waals surface area (Å²) >= 11 is 0. The molecule has 0 saturated carbocycles. The lowest BCUT2D eigenvalue weighted by atomic mass is 10.3. The van der Waals surface area contributed by atoms with E-state index in [1.54, 1.807) is 30.3 Å². The van der Waals surface area contributed by atoms with Gasteiger partial charge in [-0.1, -0.05) is 18.2 Å². The zero-order chi connectivity index (χ0) is 13.8. The van der Waals surface area contributed by atoms with Gasteiger partial charge in [0.15, 0.2) is 0 Å². The van der Waals surface area contributed by atoms with Crippen molar-refractivity contribution in [3.8, 4) is 11.6 Å². The third-order valence-corrected chi connectivity index (χ3v) is 2.14. The highest BCUT2D eigenvalue weighted by Crippen LogP contribution is 2.26. The molecule has 0 saturated heterocycles. The molecule has 0 radical (unpaired) electrons. The number of ether oxygens (including phenoxy) is 1.